The van der Waals surface area contributed by atoms with Gasteiger partial charge in [-0.2, -0.15) is 11.8 Å². The summed E-state index contributed by atoms with van der Waals surface area (Å²) in [5, 5.41) is 3.63. The summed E-state index contributed by atoms with van der Waals surface area (Å²) in [6.45, 7) is 5.33. The van der Waals surface area contributed by atoms with E-state index in [0.717, 1.165) is 19.1 Å². The molecule has 0 aliphatic carbocycles. The van der Waals surface area contributed by atoms with Crippen molar-refractivity contribution >= 4 is 11.8 Å². The van der Waals surface area contributed by atoms with Crippen molar-refractivity contribution in [3.05, 3.63) is 0 Å². The van der Waals surface area contributed by atoms with E-state index >= 15 is 0 Å². The first kappa shape index (κ1) is 9.81. The molecule has 2 nitrogen and oxygen atoms in total. The van der Waals surface area contributed by atoms with Crippen LogP contribution in [-0.4, -0.2) is 37.3 Å². The third kappa shape index (κ3) is 2.61. The monoisotopic (exact) mass is 201 g/mol. The van der Waals surface area contributed by atoms with Crippen molar-refractivity contribution in [1.29, 1.82) is 0 Å². The number of nitrogens with one attached hydrogen (secondary N) is 1. The molecule has 0 saturated carbocycles. The molecule has 0 aromatic rings. The molecule has 2 fully saturated rings. The molecule has 3 atom stereocenters. The SMILES string of the molecule is CC1COCC1NCC1CCSC1. The van der Waals surface area contributed by atoms with Gasteiger partial charge in [0.2, 0.25) is 0 Å². The Kier molecular flexibility index (Phi) is 3.52. The van der Waals surface area contributed by atoms with Gasteiger partial charge < -0.3 is 10.1 Å². The van der Waals surface area contributed by atoms with Crippen LogP contribution in [0.2, 0.25) is 0 Å². The third-order valence-corrected chi connectivity index (χ3v) is 4.29. The second-order valence-corrected chi connectivity index (χ2v) is 5.41. The van der Waals surface area contributed by atoms with Gasteiger partial charge in [-0.25, -0.2) is 0 Å². The maximum absolute atomic E-state index is 5.42. The Bertz CT molecular complexity index is 159. The van der Waals surface area contributed by atoms with Gasteiger partial charge in [0.1, 0.15) is 0 Å². The molecule has 3 heteroatoms. The van der Waals surface area contributed by atoms with Crippen LogP contribution < -0.4 is 5.32 Å². The van der Waals surface area contributed by atoms with Crippen LogP contribution >= 0.6 is 11.8 Å². The second kappa shape index (κ2) is 4.67. The molecule has 0 amide bonds. The van der Waals surface area contributed by atoms with Gasteiger partial charge in [-0.3, -0.25) is 0 Å². The summed E-state index contributed by atoms with van der Waals surface area (Å²) in [4.78, 5) is 0. The maximum atomic E-state index is 5.42. The first-order valence-electron chi connectivity index (χ1n) is 5.25. The quantitative estimate of drug-likeness (QED) is 0.745. The van der Waals surface area contributed by atoms with Crippen LogP contribution in [0.4, 0.5) is 0 Å². The van der Waals surface area contributed by atoms with Crippen molar-refractivity contribution < 1.29 is 4.74 Å². The summed E-state index contributed by atoms with van der Waals surface area (Å²) < 4.78 is 5.42. The van der Waals surface area contributed by atoms with Crippen LogP contribution in [0.25, 0.3) is 0 Å². The standard InChI is InChI=1S/C10H19NOS/c1-8-5-12-6-10(8)11-4-9-2-3-13-7-9/h8-11H,2-7H2,1H3. The average Bonchev–Trinajstić information content (AvgIpc) is 2.72. The number of ether oxygens (including phenoxy) is 1. The molecule has 0 spiro atoms. The highest BCUT2D eigenvalue weighted by Crippen LogP contribution is 2.23. The molecule has 2 aliphatic rings. The Morgan fingerprint density at radius 1 is 1.46 bits per heavy atom. The van der Waals surface area contributed by atoms with Crippen molar-refractivity contribution in [2.45, 2.75) is 19.4 Å². The van der Waals surface area contributed by atoms with Crippen molar-refractivity contribution in [1.82, 2.24) is 5.32 Å². The lowest BCUT2D eigenvalue weighted by Gasteiger charge is -2.17. The second-order valence-electron chi connectivity index (χ2n) is 4.26. The van der Waals surface area contributed by atoms with Crippen molar-refractivity contribution in [2.75, 3.05) is 31.3 Å². The molecule has 76 valence electrons. The molecular weight excluding hydrogens is 182 g/mol. The first-order valence-corrected chi connectivity index (χ1v) is 6.40. The lowest BCUT2D eigenvalue weighted by atomic mass is 10.0. The number of thioether (sulfide) groups is 1. The summed E-state index contributed by atoms with van der Waals surface area (Å²) in [7, 11) is 0. The Hall–Kier alpha value is 0.270. The molecular formula is C10H19NOS. The highest BCUT2D eigenvalue weighted by molar-refractivity contribution is 7.99. The predicted octanol–water partition coefficient (Wildman–Crippen LogP) is 1.36. The molecule has 2 saturated heterocycles. The predicted molar refractivity (Wildman–Crippen MR) is 57.2 cm³/mol. The Morgan fingerprint density at radius 2 is 2.38 bits per heavy atom. The molecule has 1 N–H and O–H groups in total. The number of hydrogen-bond acceptors (Lipinski definition) is 3. The van der Waals surface area contributed by atoms with Gasteiger partial charge in [0.05, 0.1) is 13.2 Å². The smallest absolute Gasteiger partial charge is 0.0623 e. The van der Waals surface area contributed by atoms with Gasteiger partial charge in [-0.1, -0.05) is 6.92 Å². The molecule has 13 heavy (non-hydrogen) atoms. The molecule has 2 rings (SSSR count). The summed E-state index contributed by atoms with van der Waals surface area (Å²) in [6.07, 6.45) is 1.40. The van der Waals surface area contributed by atoms with Gasteiger partial charge in [0.15, 0.2) is 0 Å². The third-order valence-electron chi connectivity index (χ3n) is 3.06. The Morgan fingerprint density at radius 3 is 3.00 bits per heavy atom. The summed E-state index contributed by atoms with van der Waals surface area (Å²) in [5.41, 5.74) is 0. The van der Waals surface area contributed by atoms with Crippen LogP contribution in [-0.2, 0) is 4.74 Å². The first-order chi connectivity index (χ1) is 6.36. The summed E-state index contributed by atoms with van der Waals surface area (Å²) in [6, 6.07) is 0.616. The van der Waals surface area contributed by atoms with E-state index in [1.807, 2.05) is 0 Å². The normalized spacial score (nSPS) is 39.9. The fourth-order valence-corrected chi connectivity index (χ4v) is 3.27. The molecule has 2 aliphatic heterocycles. The minimum atomic E-state index is 0.616. The van der Waals surface area contributed by atoms with E-state index in [2.05, 4.69) is 24.0 Å². The van der Waals surface area contributed by atoms with E-state index in [1.165, 1.54) is 24.5 Å². The van der Waals surface area contributed by atoms with E-state index in [0.29, 0.717) is 12.0 Å². The minimum absolute atomic E-state index is 0.616. The van der Waals surface area contributed by atoms with Crippen molar-refractivity contribution in [3.63, 3.8) is 0 Å². The van der Waals surface area contributed by atoms with Crippen molar-refractivity contribution in [2.24, 2.45) is 11.8 Å². The Labute approximate surface area is 84.8 Å². The lowest BCUT2D eigenvalue weighted by Crippen LogP contribution is -2.37. The summed E-state index contributed by atoms with van der Waals surface area (Å²) >= 11 is 2.09. The van der Waals surface area contributed by atoms with Gasteiger partial charge in [-0.15, -0.1) is 0 Å². The average molecular weight is 201 g/mol. The fourth-order valence-electron chi connectivity index (χ4n) is 1.98. The van der Waals surface area contributed by atoms with E-state index in [4.69, 9.17) is 4.74 Å². The highest BCUT2D eigenvalue weighted by atomic mass is 32.2. The summed E-state index contributed by atoms with van der Waals surface area (Å²) in [5.74, 6) is 4.34. The number of rotatable bonds is 3. The minimum Gasteiger partial charge on any atom is -0.379 e. The molecule has 3 unspecified atom stereocenters. The molecule has 0 aromatic carbocycles. The van der Waals surface area contributed by atoms with Crippen LogP contribution in [0.5, 0.6) is 0 Å². The lowest BCUT2D eigenvalue weighted by molar-refractivity contribution is 0.184. The topological polar surface area (TPSA) is 21.3 Å². The van der Waals surface area contributed by atoms with Gasteiger partial charge in [0.25, 0.3) is 0 Å². The zero-order valence-corrected chi connectivity index (χ0v) is 9.11. The molecule has 2 heterocycles. The maximum Gasteiger partial charge on any atom is 0.0623 e. The van der Waals surface area contributed by atoms with Crippen LogP contribution in [0, 0.1) is 11.8 Å². The van der Waals surface area contributed by atoms with E-state index in [9.17, 15) is 0 Å². The van der Waals surface area contributed by atoms with Gasteiger partial charge in [0, 0.05) is 6.04 Å². The van der Waals surface area contributed by atoms with E-state index < -0.39 is 0 Å². The molecule has 0 radical (unpaired) electrons. The van der Waals surface area contributed by atoms with Gasteiger partial charge in [-0.05, 0) is 36.3 Å². The van der Waals surface area contributed by atoms with Crippen LogP contribution in [0.1, 0.15) is 13.3 Å². The zero-order valence-electron chi connectivity index (χ0n) is 8.29. The van der Waals surface area contributed by atoms with Gasteiger partial charge >= 0.3 is 0 Å². The number of hydrogen-bond donors (Lipinski definition) is 1. The van der Waals surface area contributed by atoms with E-state index in [1.54, 1.807) is 0 Å². The van der Waals surface area contributed by atoms with Crippen LogP contribution in [0.3, 0.4) is 0 Å². The van der Waals surface area contributed by atoms with E-state index in [-0.39, 0.29) is 0 Å². The molecule has 0 aromatic heterocycles. The van der Waals surface area contributed by atoms with Crippen LogP contribution in [0.15, 0.2) is 0 Å². The largest absolute Gasteiger partial charge is 0.379 e. The fraction of sp³-hybridized carbons (Fsp3) is 1.00. The zero-order chi connectivity index (χ0) is 9.10. The Balaban J connectivity index is 1.66. The van der Waals surface area contributed by atoms with Crippen molar-refractivity contribution in [3.8, 4) is 0 Å². The highest BCUT2D eigenvalue weighted by Gasteiger charge is 2.25. The molecule has 0 bridgehead atoms.